The van der Waals surface area contributed by atoms with Crippen molar-refractivity contribution < 1.29 is 39.1 Å². The van der Waals surface area contributed by atoms with E-state index < -0.39 is 6.02 Å². The van der Waals surface area contributed by atoms with Crippen LogP contribution in [0.5, 0.6) is 0 Å². The largest absolute Gasteiger partial charge is 1.00 e. The molecule has 0 aliphatic heterocycles. The van der Waals surface area contributed by atoms with E-state index in [2.05, 4.69) is 10.2 Å². The molecule has 0 saturated carbocycles. The zero-order chi connectivity index (χ0) is 8.97. The van der Waals surface area contributed by atoms with Gasteiger partial charge in [0.05, 0.1) is 12.3 Å². The van der Waals surface area contributed by atoms with Crippen LogP contribution in [-0.2, 0) is 0 Å². The Hall–Kier alpha value is -0.780. The molecule has 5 nitrogen and oxygen atoms in total. The average Bonchev–Trinajstić information content (AvgIpc) is 2.51. The molecule has 1 rings (SSSR count). The molecular weight excluding hydrogens is 181 g/mol. The summed E-state index contributed by atoms with van der Waals surface area (Å²) in [6.07, 6.45) is 1.51. The van der Waals surface area contributed by atoms with E-state index in [1.807, 2.05) is 0 Å². The minimum atomic E-state index is -0.819. The van der Waals surface area contributed by atoms with Crippen LogP contribution in [0.15, 0.2) is 33.0 Å². The Labute approximate surface area is 97.6 Å². The van der Waals surface area contributed by atoms with Crippen molar-refractivity contribution in [1.29, 1.82) is 0 Å². The summed E-state index contributed by atoms with van der Waals surface area (Å²) in [5.74, 6) is 0.569. The summed E-state index contributed by atoms with van der Waals surface area (Å²) in [6, 6.07) is 2.62. The van der Waals surface area contributed by atoms with Crippen LogP contribution in [0.4, 0.5) is 0 Å². The second-order valence-electron chi connectivity index (χ2n) is 2.10. The van der Waals surface area contributed by atoms with Crippen LogP contribution < -0.4 is 40.4 Å². The van der Waals surface area contributed by atoms with Crippen LogP contribution in [0.3, 0.4) is 0 Å². The maximum atomic E-state index is 10.2. The van der Waals surface area contributed by atoms with Crippen molar-refractivity contribution in [1.82, 2.24) is 0 Å². The van der Waals surface area contributed by atoms with Crippen molar-refractivity contribution in [3.63, 3.8) is 0 Å². The first-order valence-corrected chi connectivity index (χ1v) is 3.29. The molecule has 0 aliphatic rings. The Morgan fingerprint density at radius 2 is 2.23 bits per heavy atom. The smallest absolute Gasteiger partial charge is 0.845 e. The van der Waals surface area contributed by atoms with Gasteiger partial charge in [-0.2, -0.15) is 5.10 Å². The standard InChI is InChI=1S/C7H9N3O2.Na/c1-5(9-10-7(8)11)6-3-2-4-12-6;/h2-4H,1H3,(H3,8,10,11);/q;+1/p-1/b9-5+;. The molecule has 0 aliphatic carbocycles. The van der Waals surface area contributed by atoms with Crippen molar-refractivity contribution in [2.24, 2.45) is 15.9 Å². The Bertz CT molecular complexity index is 302. The fraction of sp³-hybridized carbons (Fsp3) is 0.143. The van der Waals surface area contributed by atoms with Crippen LogP contribution in [0.25, 0.3) is 0 Å². The average molecular weight is 189 g/mol. The third-order valence-electron chi connectivity index (χ3n) is 1.18. The van der Waals surface area contributed by atoms with Gasteiger partial charge >= 0.3 is 29.6 Å². The molecule has 1 aromatic rings. The third-order valence-corrected chi connectivity index (χ3v) is 1.18. The maximum Gasteiger partial charge on any atom is 1.00 e. The zero-order valence-corrected chi connectivity index (χ0v) is 9.52. The fourth-order valence-electron chi connectivity index (χ4n) is 0.658. The van der Waals surface area contributed by atoms with Gasteiger partial charge in [0, 0.05) is 0 Å². The van der Waals surface area contributed by atoms with Crippen LogP contribution in [0, 0.1) is 0 Å². The SMILES string of the molecule is C/C(=N\N=C(\N)[O-])c1ccco1.[Na+]. The molecule has 0 amide bonds. The minimum Gasteiger partial charge on any atom is -0.845 e. The van der Waals surface area contributed by atoms with Gasteiger partial charge in [-0.15, -0.1) is 5.10 Å². The predicted molar refractivity (Wildman–Crippen MR) is 42.5 cm³/mol. The van der Waals surface area contributed by atoms with E-state index in [9.17, 15) is 5.11 Å². The molecule has 1 aromatic heterocycles. The summed E-state index contributed by atoms with van der Waals surface area (Å²) in [6.45, 7) is 1.67. The zero-order valence-electron chi connectivity index (χ0n) is 7.52. The number of rotatable bonds is 2. The fourth-order valence-corrected chi connectivity index (χ4v) is 0.658. The number of furan rings is 1. The molecule has 0 fully saturated rings. The molecule has 0 atom stereocenters. The monoisotopic (exact) mass is 189 g/mol. The van der Waals surface area contributed by atoms with E-state index in [1.54, 1.807) is 19.1 Å². The normalized spacial score (nSPS) is 12.4. The minimum absolute atomic E-state index is 0. The van der Waals surface area contributed by atoms with E-state index in [4.69, 9.17) is 10.2 Å². The van der Waals surface area contributed by atoms with Crippen LogP contribution in [0.1, 0.15) is 12.7 Å². The third kappa shape index (κ3) is 4.12. The summed E-state index contributed by atoms with van der Waals surface area (Å²) < 4.78 is 4.98. The molecule has 2 N–H and O–H groups in total. The summed E-state index contributed by atoms with van der Waals surface area (Å²) >= 11 is 0. The summed E-state index contributed by atoms with van der Waals surface area (Å²) in [7, 11) is 0. The van der Waals surface area contributed by atoms with Crippen molar-refractivity contribution in [3.8, 4) is 0 Å². The maximum absolute atomic E-state index is 10.2. The van der Waals surface area contributed by atoms with Crippen molar-refractivity contribution >= 4 is 11.7 Å². The number of hydrogen-bond acceptors (Lipinski definition) is 4. The molecule has 0 radical (unpaired) electrons. The molecule has 13 heavy (non-hydrogen) atoms. The van der Waals surface area contributed by atoms with Gasteiger partial charge in [-0.25, -0.2) is 0 Å². The van der Waals surface area contributed by atoms with Gasteiger partial charge in [-0.1, -0.05) is 0 Å². The summed E-state index contributed by atoms with van der Waals surface area (Å²) in [4.78, 5) is 0. The first-order chi connectivity index (χ1) is 5.70. The predicted octanol–water partition coefficient (Wildman–Crippen LogP) is -3.32. The number of nitrogens with two attached hydrogens (primary N) is 1. The summed E-state index contributed by atoms with van der Waals surface area (Å²) in [5, 5.41) is 16.9. The van der Waals surface area contributed by atoms with Gasteiger partial charge < -0.3 is 15.3 Å². The van der Waals surface area contributed by atoms with Gasteiger partial charge in [0.2, 0.25) is 0 Å². The van der Waals surface area contributed by atoms with Crippen LogP contribution >= 0.6 is 0 Å². The molecule has 64 valence electrons. The van der Waals surface area contributed by atoms with Crippen LogP contribution in [0.2, 0.25) is 0 Å². The van der Waals surface area contributed by atoms with E-state index in [-0.39, 0.29) is 29.6 Å². The second kappa shape index (κ2) is 5.80. The molecule has 0 spiro atoms. The summed E-state index contributed by atoms with van der Waals surface area (Å²) in [5.41, 5.74) is 5.26. The van der Waals surface area contributed by atoms with E-state index >= 15 is 0 Å². The van der Waals surface area contributed by atoms with Gasteiger partial charge in [0.15, 0.2) is 0 Å². The topological polar surface area (TPSA) is 86.9 Å². The molecule has 1 heterocycles. The Balaban J connectivity index is 0.00000144. The number of amidine groups is 1. The molecule has 0 bridgehead atoms. The molecular formula is C7H8N3NaO2. The van der Waals surface area contributed by atoms with Gasteiger partial charge in [0.1, 0.15) is 11.5 Å². The van der Waals surface area contributed by atoms with Gasteiger partial charge in [-0.05, 0) is 19.1 Å². The second-order valence-corrected chi connectivity index (χ2v) is 2.10. The van der Waals surface area contributed by atoms with E-state index in [0.717, 1.165) is 0 Å². The Morgan fingerprint density at radius 1 is 1.54 bits per heavy atom. The number of nitrogens with zero attached hydrogens (tertiary/aromatic N) is 2. The first kappa shape index (κ1) is 12.2. The first-order valence-electron chi connectivity index (χ1n) is 3.29. The van der Waals surface area contributed by atoms with Crippen LogP contribution in [-0.4, -0.2) is 11.7 Å². The molecule has 6 heteroatoms. The number of hydrogen-bond donors (Lipinski definition) is 1. The molecule has 0 saturated heterocycles. The Morgan fingerprint density at radius 3 is 2.69 bits per heavy atom. The van der Waals surface area contributed by atoms with E-state index in [1.165, 1.54) is 6.26 Å². The van der Waals surface area contributed by atoms with Crippen molar-refractivity contribution in [2.45, 2.75) is 6.92 Å². The van der Waals surface area contributed by atoms with Crippen molar-refractivity contribution in [2.75, 3.05) is 0 Å². The Kier molecular flexibility index (Phi) is 5.45. The van der Waals surface area contributed by atoms with Gasteiger partial charge in [0.25, 0.3) is 0 Å². The van der Waals surface area contributed by atoms with E-state index in [0.29, 0.717) is 11.5 Å². The molecule has 0 unspecified atom stereocenters. The molecule has 0 aromatic carbocycles. The quantitative estimate of drug-likeness (QED) is 0.228. The van der Waals surface area contributed by atoms with Gasteiger partial charge in [-0.3, -0.25) is 0 Å². The van der Waals surface area contributed by atoms with Crippen molar-refractivity contribution in [3.05, 3.63) is 24.2 Å².